The van der Waals surface area contributed by atoms with Gasteiger partial charge in [-0.05, 0) is 24.1 Å². The Kier molecular flexibility index (Phi) is 5.72. The molecular weight excluding hydrogens is 226 g/mol. The highest BCUT2D eigenvalue weighted by Crippen LogP contribution is 2.11. The van der Waals surface area contributed by atoms with Gasteiger partial charge in [-0.25, -0.2) is 0 Å². The second-order valence-corrected chi connectivity index (χ2v) is 3.80. The minimum Gasteiger partial charge on any atom is -0.497 e. The Balaban J connectivity index is 2.37. The Morgan fingerprint density at radius 3 is 2.62 bits per heavy atom. The van der Waals surface area contributed by atoms with Crippen molar-refractivity contribution in [2.75, 3.05) is 19.5 Å². The minimum atomic E-state index is 0.0234. The van der Waals surface area contributed by atoms with Crippen molar-refractivity contribution in [1.82, 2.24) is 5.32 Å². The van der Waals surface area contributed by atoms with Crippen molar-refractivity contribution in [2.45, 2.75) is 12.8 Å². The number of methoxy groups -OCH3 is 1. The summed E-state index contributed by atoms with van der Waals surface area (Å²) in [6.07, 6.45) is 1.20. The molecule has 0 aliphatic rings. The van der Waals surface area contributed by atoms with E-state index in [4.69, 9.17) is 16.3 Å². The molecule has 0 radical (unpaired) electrons. The van der Waals surface area contributed by atoms with E-state index >= 15 is 0 Å². The van der Waals surface area contributed by atoms with Gasteiger partial charge in [0.2, 0.25) is 5.91 Å². The fourth-order valence-corrected chi connectivity index (χ4v) is 1.42. The molecule has 0 aliphatic heterocycles. The first-order chi connectivity index (χ1) is 7.76. The van der Waals surface area contributed by atoms with E-state index in [0.29, 0.717) is 18.8 Å². The van der Waals surface area contributed by atoms with Gasteiger partial charge in [-0.1, -0.05) is 12.1 Å². The number of halogens is 1. The fourth-order valence-electron chi connectivity index (χ4n) is 1.29. The van der Waals surface area contributed by atoms with Crippen molar-refractivity contribution >= 4 is 17.5 Å². The third-order valence-corrected chi connectivity index (χ3v) is 2.42. The average molecular weight is 242 g/mol. The number of carbonyl (C=O) groups excluding carboxylic acids is 1. The highest BCUT2D eigenvalue weighted by Gasteiger charge is 2.02. The van der Waals surface area contributed by atoms with Gasteiger partial charge in [0.05, 0.1) is 13.5 Å². The van der Waals surface area contributed by atoms with Crippen LogP contribution in [0.15, 0.2) is 24.3 Å². The summed E-state index contributed by atoms with van der Waals surface area (Å²) in [5.41, 5.74) is 0.976. The van der Waals surface area contributed by atoms with Crippen LogP contribution in [0.25, 0.3) is 0 Å². The second-order valence-electron chi connectivity index (χ2n) is 3.42. The van der Waals surface area contributed by atoms with E-state index in [-0.39, 0.29) is 5.91 Å². The van der Waals surface area contributed by atoms with Gasteiger partial charge >= 0.3 is 0 Å². The van der Waals surface area contributed by atoms with Gasteiger partial charge in [-0.3, -0.25) is 4.79 Å². The lowest BCUT2D eigenvalue weighted by Crippen LogP contribution is -2.26. The zero-order valence-corrected chi connectivity index (χ0v) is 10.1. The van der Waals surface area contributed by atoms with Crippen molar-refractivity contribution in [2.24, 2.45) is 0 Å². The summed E-state index contributed by atoms with van der Waals surface area (Å²) >= 11 is 5.51. The number of ether oxygens (including phenoxy) is 1. The molecule has 1 aromatic rings. The maximum absolute atomic E-state index is 11.5. The van der Waals surface area contributed by atoms with Crippen LogP contribution in [0.3, 0.4) is 0 Å². The molecule has 0 atom stereocenters. The van der Waals surface area contributed by atoms with Crippen LogP contribution in [-0.4, -0.2) is 25.4 Å². The van der Waals surface area contributed by atoms with Crippen LogP contribution >= 0.6 is 11.6 Å². The first-order valence-corrected chi connectivity index (χ1v) is 5.75. The van der Waals surface area contributed by atoms with Crippen molar-refractivity contribution in [1.29, 1.82) is 0 Å². The zero-order chi connectivity index (χ0) is 11.8. The topological polar surface area (TPSA) is 38.3 Å². The summed E-state index contributed by atoms with van der Waals surface area (Å²) in [7, 11) is 1.62. The van der Waals surface area contributed by atoms with E-state index in [0.717, 1.165) is 17.7 Å². The van der Waals surface area contributed by atoms with E-state index in [9.17, 15) is 4.79 Å². The number of alkyl halides is 1. The normalized spacial score (nSPS) is 9.88. The van der Waals surface area contributed by atoms with Crippen LogP contribution in [0.5, 0.6) is 5.75 Å². The molecule has 0 aliphatic carbocycles. The van der Waals surface area contributed by atoms with E-state index in [1.807, 2.05) is 24.3 Å². The van der Waals surface area contributed by atoms with Crippen LogP contribution in [0.4, 0.5) is 0 Å². The van der Waals surface area contributed by atoms with Crippen LogP contribution in [0.1, 0.15) is 12.0 Å². The summed E-state index contributed by atoms with van der Waals surface area (Å²) in [6, 6.07) is 7.47. The van der Waals surface area contributed by atoms with Crippen molar-refractivity contribution < 1.29 is 9.53 Å². The smallest absolute Gasteiger partial charge is 0.224 e. The average Bonchev–Trinajstić information content (AvgIpc) is 2.30. The Morgan fingerprint density at radius 1 is 1.38 bits per heavy atom. The molecule has 16 heavy (non-hydrogen) atoms. The molecule has 0 saturated heterocycles. The number of carbonyl (C=O) groups is 1. The first-order valence-electron chi connectivity index (χ1n) is 5.22. The number of hydrogen-bond donors (Lipinski definition) is 1. The largest absolute Gasteiger partial charge is 0.497 e. The summed E-state index contributed by atoms with van der Waals surface area (Å²) in [4.78, 5) is 11.5. The van der Waals surface area contributed by atoms with Crippen LogP contribution in [-0.2, 0) is 11.2 Å². The summed E-state index contributed by atoms with van der Waals surface area (Å²) < 4.78 is 5.04. The third kappa shape index (κ3) is 4.53. The Bertz CT molecular complexity index is 324. The molecular formula is C12H16ClNO2. The molecule has 3 nitrogen and oxygen atoms in total. The lowest BCUT2D eigenvalue weighted by molar-refractivity contribution is -0.120. The van der Waals surface area contributed by atoms with E-state index in [2.05, 4.69) is 5.32 Å². The van der Waals surface area contributed by atoms with Crippen molar-refractivity contribution in [3.8, 4) is 5.75 Å². The molecule has 1 aromatic carbocycles. The molecule has 1 amide bonds. The van der Waals surface area contributed by atoms with Gasteiger partial charge in [0.1, 0.15) is 5.75 Å². The quantitative estimate of drug-likeness (QED) is 0.611. The molecule has 1 N–H and O–H groups in total. The predicted molar refractivity (Wildman–Crippen MR) is 65.0 cm³/mol. The number of hydrogen-bond acceptors (Lipinski definition) is 2. The third-order valence-electron chi connectivity index (χ3n) is 2.16. The zero-order valence-electron chi connectivity index (χ0n) is 9.33. The second kappa shape index (κ2) is 7.12. The molecule has 0 saturated carbocycles. The Labute approximate surface area is 101 Å². The number of benzene rings is 1. The molecule has 1 rings (SSSR count). The molecule has 0 unspecified atom stereocenters. The maximum atomic E-state index is 11.5. The number of amides is 1. The monoisotopic (exact) mass is 241 g/mol. The Morgan fingerprint density at radius 2 is 2.06 bits per heavy atom. The van der Waals surface area contributed by atoms with Gasteiger partial charge < -0.3 is 10.1 Å². The minimum absolute atomic E-state index is 0.0234. The van der Waals surface area contributed by atoms with E-state index in [1.165, 1.54) is 0 Å². The van der Waals surface area contributed by atoms with Crippen LogP contribution < -0.4 is 10.1 Å². The molecule has 4 heteroatoms. The maximum Gasteiger partial charge on any atom is 0.224 e. The fraction of sp³-hybridized carbons (Fsp3) is 0.417. The number of nitrogens with one attached hydrogen (secondary N) is 1. The van der Waals surface area contributed by atoms with Crippen molar-refractivity contribution in [3.05, 3.63) is 29.8 Å². The summed E-state index contributed by atoms with van der Waals surface area (Å²) in [5, 5.41) is 2.81. The standard InChI is InChI=1S/C12H16ClNO2/c1-16-11-5-3-10(4-6-11)9-12(15)14-8-2-7-13/h3-6H,2,7-9H2,1H3,(H,14,15). The molecule has 0 fully saturated rings. The molecule has 0 heterocycles. The van der Waals surface area contributed by atoms with Crippen LogP contribution in [0.2, 0.25) is 0 Å². The predicted octanol–water partition coefficient (Wildman–Crippen LogP) is 1.98. The van der Waals surface area contributed by atoms with Crippen molar-refractivity contribution in [3.63, 3.8) is 0 Å². The lowest BCUT2D eigenvalue weighted by Gasteiger charge is -2.05. The van der Waals surface area contributed by atoms with Gasteiger partial charge in [0, 0.05) is 12.4 Å². The molecule has 0 aromatic heterocycles. The van der Waals surface area contributed by atoms with Gasteiger partial charge in [-0.2, -0.15) is 0 Å². The van der Waals surface area contributed by atoms with Crippen LogP contribution in [0, 0.1) is 0 Å². The summed E-state index contributed by atoms with van der Waals surface area (Å²) in [5.74, 6) is 1.39. The van der Waals surface area contributed by atoms with Gasteiger partial charge in [0.15, 0.2) is 0 Å². The first kappa shape index (κ1) is 12.8. The summed E-state index contributed by atoms with van der Waals surface area (Å²) in [6.45, 7) is 0.637. The number of rotatable bonds is 6. The lowest BCUT2D eigenvalue weighted by atomic mass is 10.1. The van der Waals surface area contributed by atoms with Gasteiger partial charge in [-0.15, -0.1) is 11.6 Å². The molecule has 0 bridgehead atoms. The molecule has 88 valence electrons. The van der Waals surface area contributed by atoms with E-state index in [1.54, 1.807) is 7.11 Å². The van der Waals surface area contributed by atoms with E-state index < -0.39 is 0 Å². The van der Waals surface area contributed by atoms with Gasteiger partial charge in [0.25, 0.3) is 0 Å². The Hall–Kier alpha value is -1.22. The highest BCUT2D eigenvalue weighted by atomic mass is 35.5. The molecule has 0 spiro atoms. The highest BCUT2D eigenvalue weighted by molar-refractivity contribution is 6.17. The SMILES string of the molecule is COc1ccc(CC(=O)NCCCCl)cc1.